The first-order chi connectivity index (χ1) is 32.5. The van der Waals surface area contributed by atoms with Crippen LogP contribution in [0.25, 0.3) is 99.1 Å². The van der Waals surface area contributed by atoms with Crippen LogP contribution in [0, 0.1) is 0 Å². The molecule has 66 heavy (non-hydrogen) atoms. The first-order valence-electron chi connectivity index (χ1n) is 22.5. The van der Waals surface area contributed by atoms with E-state index in [2.05, 4.69) is 198 Å². The zero-order chi connectivity index (χ0) is 43.7. The summed E-state index contributed by atoms with van der Waals surface area (Å²) < 4.78 is 4.83. The van der Waals surface area contributed by atoms with Gasteiger partial charge in [-0.05, 0) is 96.1 Å². The quantitative estimate of drug-likeness (QED) is 0.165. The highest BCUT2D eigenvalue weighted by molar-refractivity contribution is 6.21. The zero-order valence-corrected chi connectivity index (χ0v) is 36.2. The maximum atomic E-state index is 5.65. The second-order valence-electron chi connectivity index (χ2n) is 17.9. The van der Waals surface area contributed by atoms with Crippen molar-refractivity contribution in [2.24, 2.45) is 0 Å². The van der Waals surface area contributed by atoms with Crippen molar-refractivity contribution >= 4 is 93.6 Å². The number of pyridine rings is 2. The molecule has 8 aromatic carbocycles. The van der Waals surface area contributed by atoms with E-state index in [1.54, 1.807) is 12.4 Å². The van der Waals surface area contributed by atoms with Crippen molar-refractivity contribution in [3.8, 4) is 22.6 Å². The summed E-state index contributed by atoms with van der Waals surface area (Å²) in [5.41, 5.74) is 16.2. The fourth-order valence-electron chi connectivity index (χ4n) is 10.9. The summed E-state index contributed by atoms with van der Waals surface area (Å²) in [6, 6.07) is 67.6. The lowest BCUT2D eigenvalue weighted by Crippen LogP contribution is -2.31. The van der Waals surface area contributed by atoms with Gasteiger partial charge in [0.25, 0.3) is 0 Å². The van der Waals surface area contributed by atoms with Crippen molar-refractivity contribution in [1.82, 2.24) is 29.1 Å². The maximum absolute atomic E-state index is 5.65. The molecule has 0 unspecified atom stereocenters. The molecule has 1 aliphatic rings. The van der Waals surface area contributed by atoms with Crippen molar-refractivity contribution in [3.63, 3.8) is 0 Å². The predicted molar refractivity (Wildman–Crippen MR) is 271 cm³/mol. The molecule has 5 aromatic heterocycles. The molecule has 0 spiro atoms. The molecule has 13 aromatic rings. The highest BCUT2D eigenvalue weighted by Crippen LogP contribution is 2.53. The minimum absolute atomic E-state index is 0.424. The van der Waals surface area contributed by atoms with Crippen LogP contribution >= 0.6 is 0 Å². The molecule has 0 fully saturated rings. The lowest BCUT2D eigenvalue weighted by atomic mass is 9.73. The number of para-hydroxylation sites is 4. The molecule has 1 aliphatic heterocycles. The van der Waals surface area contributed by atoms with Crippen molar-refractivity contribution < 1.29 is 0 Å². The largest absolute Gasteiger partial charge is 0.309 e. The first kappa shape index (κ1) is 36.8. The van der Waals surface area contributed by atoms with E-state index in [1.165, 1.54) is 54.7 Å². The van der Waals surface area contributed by atoms with E-state index in [4.69, 9.17) is 19.9 Å². The minimum atomic E-state index is -0.424. The summed E-state index contributed by atoms with van der Waals surface area (Å²) >= 11 is 0. The van der Waals surface area contributed by atoms with Crippen LogP contribution in [-0.2, 0) is 5.41 Å². The normalized spacial score (nSPS) is 13.4. The van der Waals surface area contributed by atoms with Crippen LogP contribution in [0.1, 0.15) is 25.0 Å². The van der Waals surface area contributed by atoms with Crippen LogP contribution in [0.5, 0.6) is 0 Å². The fraction of sp³-hybridized carbons (Fsp3) is 0.0508. The molecule has 0 aliphatic carbocycles. The molecule has 14 rings (SSSR count). The van der Waals surface area contributed by atoms with Crippen molar-refractivity contribution in [2.45, 2.75) is 19.3 Å². The van der Waals surface area contributed by atoms with Crippen LogP contribution in [0.2, 0.25) is 0 Å². The molecule has 0 saturated carbocycles. The van der Waals surface area contributed by atoms with Gasteiger partial charge < -0.3 is 9.13 Å². The van der Waals surface area contributed by atoms with E-state index >= 15 is 0 Å². The third kappa shape index (κ3) is 5.13. The Morgan fingerprint density at radius 2 is 0.818 bits per heavy atom. The summed E-state index contributed by atoms with van der Waals surface area (Å²) in [5, 5.41) is 6.78. The Labute approximate surface area is 379 Å². The molecule has 6 heterocycles. The van der Waals surface area contributed by atoms with Gasteiger partial charge >= 0.3 is 0 Å². The van der Waals surface area contributed by atoms with Gasteiger partial charge in [0, 0.05) is 67.1 Å². The van der Waals surface area contributed by atoms with E-state index < -0.39 is 5.41 Å². The average molecular weight is 846 g/mol. The summed E-state index contributed by atoms with van der Waals surface area (Å²) in [6.07, 6.45) is 3.51. The number of nitrogens with zero attached hydrogens (tertiary/aromatic N) is 7. The Kier molecular flexibility index (Phi) is 7.61. The topological polar surface area (TPSA) is 64.7 Å². The fourth-order valence-corrected chi connectivity index (χ4v) is 10.9. The number of aromatic nitrogens is 6. The number of hydrogen-bond donors (Lipinski definition) is 0. The molecule has 7 heteroatoms. The number of benzene rings is 8. The first-order valence-corrected chi connectivity index (χ1v) is 22.5. The Morgan fingerprint density at radius 3 is 1.32 bits per heavy atom. The molecule has 0 bridgehead atoms. The maximum Gasteiger partial charge on any atom is 0.138 e. The van der Waals surface area contributed by atoms with E-state index in [0.717, 1.165) is 72.7 Å². The monoisotopic (exact) mass is 845 g/mol. The van der Waals surface area contributed by atoms with Crippen LogP contribution < -0.4 is 4.90 Å². The molecular weight excluding hydrogens is 807 g/mol. The summed E-state index contributed by atoms with van der Waals surface area (Å²) in [5.74, 6) is 0.797. The lowest BCUT2D eigenvalue weighted by Gasteiger charge is -2.42. The van der Waals surface area contributed by atoms with Gasteiger partial charge in [-0.1, -0.05) is 117 Å². The van der Waals surface area contributed by atoms with Gasteiger partial charge in [0.05, 0.1) is 55.7 Å². The molecule has 0 amide bonds. The van der Waals surface area contributed by atoms with Crippen molar-refractivity contribution in [1.29, 1.82) is 0 Å². The molecule has 0 saturated heterocycles. The van der Waals surface area contributed by atoms with E-state index in [1.807, 2.05) is 18.2 Å². The number of rotatable bonds is 4. The molecule has 310 valence electrons. The Hall–Kier alpha value is -8.68. The van der Waals surface area contributed by atoms with Gasteiger partial charge in [-0.2, -0.15) is 0 Å². The van der Waals surface area contributed by atoms with Crippen LogP contribution in [-0.4, -0.2) is 29.1 Å². The van der Waals surface area contributed by atoms with Gasteiger partial charge in [0.1, 0.15) is 11.3 Å². The predicted octanol–water partition coefficient (Wildman–Crippen LogP) is 14.7. The lowest BCUT2D eigenvalue weighted by molar-refractivity contribution is 0.630. The second-order valence-corrected chi connectivity index (χ2v) is 17.9. The Morgan fingerprint density at radius 1 is 0.379 bits per heavy atom. The third-order valence-corrected chi connectivity index (χ3v) is 14.0. The highest BCUT2D eigenvalue weighted by atomic mass is 15.2. The molecule has 0 atom stereocenters. The minimum Gasteiger partial charge on any atom is -0.309 e. The van der Waals surface area contributed by atoms with E-state index in [-0.39, 0.29) is 0 Å². The SMILES string of the molecule is CC1(C)c2cc(-n3c4ccccc4c4ccccc43)ccc2N(c2ccc3c4nccnc4c4ccc(-c5ccccc5)nc4c3n2)c2ccc(-n3c4ccccc4c4ccccc43)cc21. The summed E-state index contributed by atoms with van der Waals surface area (Å²) in [6.45, 7) is 4.74. The third-order valence-electron chi connectivity index (χ3n) is 14.0. The van der Waals surface area contributed by atoms with Crippen molar-refractivity contribution in [3.05, 3.63) is 212 Å². The van der Waals surface area contributed by atoms with Crippen LogP contribution in [0.15, 0.2) is 200 Å². The highest BCUT2D eigenvalue weighted by Gasteiger charge is 2.38. The molecule has 0 N–H and O–H groups in total. The van der Waals surface area contributed by atoms with E-state index in [9.17, 15) is 0 Å². The van der Waals surface area contributed by atoms with Gasteiger partial charge in [-0.15, -0.1) is 0 Å². The number of anilines is 3. The second kappa shape index (κ2) is 13.7. The van der Waals surface area contributed by atoms with Crippen LogP contribution in [0.3, 0.4) is 0 Å². The molecule has 0 radical (unpaired) electrons. The number of fused-ring (bicyclic) bond motifs is 14. The molecule has 7 nitrogen and oxygen atoms in total. The summed E-state index contributed by atoms with van der Waals surface area (Å²) in [7, 11) is 0. The van der Waals surface area contributed by atoms with Crippen molar-refractivity contribution in [2.75, 3.05) is 4.90 Å². The smallest absolute Gasteiger partial charge is 0.138 e. The zero-order valence-electron chi connectivity index (χ0n) is 36.2. The Bertz CT molecular complexity index is 3890. The van der Waals surface area contributed by atoms with Gasteiger partial charge in [0.15, 0.2) is 0 Å². The number of hydrogen-bond acceptors (Lipinski definition) is 5. The van der Waals surface area contributed by atoms with Gasteiger partial charge in [-0.3, -0.25) is 14.9 Å². The van der Waals surface area contributed by atoms with E-state index in [0.29, 0.717) is 0 Å². The Balaban J connectivity index is 1.05. The van der Waals surface area contributed by atoms with Gasteiger partial charge in [0.2, 0.25) is 0 Å². The average Bonchev–Trinajstić information content (AvgIpc) is 3.90. The summed E-state index contributed by atoms with van der Waals surface area (Å²) in [4.78, 5) is 23.1. The van der Waals surface area contributed by atoms with Crippen LogP contribution in [0.4, 0.5) is 17.2 Å². The standard InChI is InChI=1S/C59H39N7/c1-59(2)45-34-37(64-48-20-10-6-16-39(48)40-17-7-11-21-49(40)64)24-29-52(45)66(53-30-25-38(35-46(53)59)65-50-22-12-8-18-41(50)42-19-9-13-23-51(42)65)54-31-27-44-56-55(60-32-33-61-56)43-26-28-47(36-14-4-3-5-15-36)62-57(43)58(44)63-54/h3-35H,1-2H3. The molecular formula is C59H39N7. The van der Waals surface area contributed by atoms with Gasteiger partial charge in [-0.25, -0.2) is 9.97 Å².